The van der Waals surface area contributed by atoms with Crippen molar-refractivity contribution in [3.05, 3.63) is 48.6 Å². The largest absolute Gasteiger partial charge is 0.460 e. The number of hydrogen-bond acceptors (Lipinski definition) is 9. The van der Waals surface area contributed by atoms with Gasteiger partial charge in [-0.15, -0.1) is 0 Å². The zero-order chi connectivity index (χ0) is 22.4. The van der Waals surface area contributed by atoms with Gasteiger partial charge in [-0.2, -0.15) is 0 Å². The Hall–Kier alpha value is -2.30. The fraction of sp³-hybridized carbons (Fsp3) is 0.545. The van der Waals surface area contributed by atoms with Crippen molar-refractivity contribution in [1.82, 2.24) is 0 Å². The predicted molar refractivity (Wildman–Crippen MR) is 112 cm³/mol. The van der Waals surface area contributed by atoms with Gasteiger partial charge in [0.2, 0.25) is 0 Å². The lowest BCUT2D eigenvalue weighted by Crippen LogP contribution is -2.15. The van der Waals surface area contributed by atoms with Crippen LogP contribution in [0.2, 0.25) is 0 Å². The molecule has 0 aliphatic rings. The maximum absolute atomic E-state index is 11.7. The fourth-order valence-corrected chi connectivity index (χ4v) is 2.09. The first-order valence-electron chi connectivity index (χ1n) is 10.1. The van der Waals surface area contributed by atoms with Gasteiger partial charge in [-0.05, 0) is 12.1 Å². The van der Waals surface area contributed by atoms with E-state index >= 15 is 0 Å². The van der Waals surface area contributed by atoms with Crippen molar-refractivity contribution in [2.45, 2.75) is 0 Å². The fourth-order valence-electron chi connectivity index (χ4n) is 2.09. The quantitative estimate of drug-likeness (QED) is 0.170. The second-order valence-corrected chi connectivity index (χ2v) is 5.94. The van der Waals surface area contributed by atoms with Crippen LogP contribution in [0.5, 0.6) is 0 Å². The number of carbonyl (C=O) groups is 2. The molecular weight excluding hydrogens is 408 g/mol. The van der Waals surface area contributed by atoms with Crippen LogP contribution < -0.4 is 0 Å². The topological polar surface area (TPSA) is 98.8 Å². The molecule has 0 fully saturated rings. The summed E-state index contributed by atoms with van der Waals surface area (Å²) in [5, 5.41) is 0. The van der Waals surface area contributed by atoms with E-state index in [1.54, 1.807) is 24.3 Å². The van der Waals surface area contributed by atoms with E-state index in [2.05, 4.69) is 6.58 Å². The van der Waals surface area contributed by atoms with Crippen molar-refractivity contribution in [2.24, 2.45) is 0 Å². The third kappa shape index (κ3) is 16.1. The summed E-state index contributed by atoms with van der Waals surface area (Å²) < 4.78 is 36.5. The van der Waals surface area contributed by atoms with E-state index in [0.717, 1.165) is 6.08 Å². The lowest BCUT2D eigenvalue weighted by molar-refractivity contribution is -0.139. The van der Waals surface area contributed by atoms with Gasteiger partial charge >= 0.3 is 11.9 Å². The number of carbonyl (C=O) groups excluding carboxylic acids is 2. The summed E-state index contributed by atoms with van der Waals surface area (Å²) in [7, 11) is 0. The summed E-state index contributed by atoms with van der Waals surface area (Å²) in [6, 6.07) is 8.81. The summed E-state index contributed by atoms with van der Waals surface area (Å²) in [5.41, 5.74) is 0.522. The van der Waals surface area contributed by atoms with Crippen LogP contribution >= 0.6 is 0 Å². The van der Waals surface area contributed by atoms with Crippen molar-refractivity contribution < 1.29 is 42.7 Å². The van der Waals surface area contributed by atoms with Crippen LogP contribution in [-0.4, -0.2) is 91.2 Å². The van der Waals surface area contributed by atoms with Crippen LogP contribution in [0, 0.1) is 0 Å². The smallest absolute Gasteiger partial charge is 0.338 e. The molecule has 0 N–H and O–H groups in total. The Kier molecular flexibility index (Phi) is 16.9. The van der Waals surface area contributed by atoms with Gasteiger partial charge in [-0.1, -0.05) is 24.8 Å². The molecule has 0 bridgehead atoms. The van der Waals surface area contributed by atoms with Gasteiger partial charge in [-0.3, -0.25) is 0 Å². The zero-order valence-electron chi connectivity index (χ0n) is 17.8. The summed E-state index contributed by atoms with van der Waals surface area (Å²) >= 11 is 0. The molecule has 0 saturated carbocycles. The molecule has 0 radical (unpaired) electrons. The number of rotatable bonds is 20. The normalized spacial score (nSPS) is 10.6. The predicted octanol–water partition coefficient (Wildman–Crippen LogP) is 1.66. The van der Waals surface area contributed by atoms with E-state index in [1.165, 1.54) is 0 Å². The van der Waals surface area contributed by atoms with Crippen LogP contribution in [-0.2, 0) is 38.0 Å². The van der Waals surface area contributed by atoms with Gasteiger partial charge in [0.1, 0.15) is 13.2 Å². The highest BCUT2D eigenvalue weighted by molar-refractivity contribution is 5.89. The molecule has 31 heavy (non-hydrogen) atoms. The molecule has 1 aromatic rings. The van der Waals surface area contributed by atoms with Gasteiger partial charge < -0.3 is 33.2 Å². The average Bonchev–Trinajstić information content (AvgIpc) is 2.80. The number of hydrogen-bond donors (Lipinski definition) is 0. The van der Waals surface area contributed by atoms with Crippen LogP contribution in [0.15, 0.2) is 43.0 Å². The summed E-state index contributed by atoms with van der Waals surface area (Å²) in [6.07, 6.45) is 1.11. The second kappa shape index (κ2) is 19.7. The standard InChI is InChI=1S/C22H32O9/c1-2-21(23)30-18-16-28-14-12-26-10-8-25-9-11-27-13-15-29-17-19-31-22(24)20-6-4-3-5-7-20/h2-7H,1,8-19H2. The van der Waals surface area contributed by atoms with Crippen molar-refractivity contribution in [3.8, 4) is 0 Å². The Bertz CT molecular complexity index is 592. The molecule has 1 rings (SSSR count). The molecule has 1 aromatic carbocycles. The van der Waals surface area contributed by atoms with Crippen LogP contribution in [0.4, 0.5) is 0 Å². The highest BCUT2D eigenvalue weighted by atomic mass is 16.6. The molecule has 0 unspecified atom stereocenters. The monoisotopic (exact) mass is 440 g/mol. The van der Waals surface area contributed by atoms with Gasteiger partial charge in [0.25, 0.3) is 0 Å². The molecule has 174 valence electrons. The van der Waals surface area contributed by atoms with Gasteiger partial charge in [0.05, 0.1) is 71.6 Å². The van der Waals surface area contributed by atoms with E-state index in [4.69, 9.17) is 33.2 Å². The maximum atomic E-state index is 11.7. The minimum atomic E-state index is -0.463. The van der Waals surface area contributed by atoms with E-state index in [0.29, 0.717) is 71.6 Å². The van der Waals surface area contributed by atoms with Crippen LogP contribution in [0.3, 0.4) is 0 Å². The Morgan fingerprint density at radius 1 is 0.613 bits per heavy atom. The summed E-state index contributed by atoms with van der Waals surface area (Å²) in [4.78, 5) is 22.5. The Morgan fingerprint density at radius 2 is 1.00 bits per heavy atom. The SMILES string of the molecule is C=CC(=O)OCCOCCOCCOCCOCCOCCOC(=O)c1ccccc1. The first kappa shape index (κ1) is 26.7. The molecule has 0 aromatic heterocycles. The number of benzene rings is 1. The molecule has 0 spiro atoms. The van der Waals surface area contributed by atoms with E-state index in [1.807, 2.05) is 6.07 Å². The van der Waals surface area contributed by atoms with Crippen LogP contribution in [0.1, 0.15) is 10.4 Å². The minimum Gasteiger partial charge on any atom is -0.460 e. The Labute approximate surface area is 183 Å². The van der Waals surface area contributed by atoms with Crippen molar-refractivity contribution in [2.75, 3.05) is 79.3 Å². The van der Waals surface area contributed by atoms with Gasteiger partial charge in [-0.25, -0.2) is 9.59 Å². The van der Waals surface area contributed by atoms with E-state index < -0.39 is 5.97 Å². The third-order valence-electron chi connectivity index (χ3n) is 3.60. The van der Waals surface area contributed by atoms with Crippen molar-refractivity contribution in [1.29, 1.82) is 0 Å². The number of ether oxygens (including phenoxy) is 7. The lowest BCUT2D eigenvalue weighted by Gasteiger charge is -2.08. The molecule has 0 amide bonds. The van der Waals surface area contributed by atoms with Gasteiger partial charge in [0.15, 0.2) is 0 Å². The first-order valence-corrected chi connectivity index (χ1v) is 10.1. The molecular formula is C22H32O9. The third-order valence-corrected chi connectivity index (χ3v) is 3.60. The summed E-state index contributed by atoms with van der Waals surface area (Å²) in [5.74, 6) is -0.823. The van der Waals surface area contributed by atoms with Gasteiger partial charge in [0, 0.05) is 6.08 Å². The molecule has 9 nitrogen and oxygen atoms in total. The van der Waals surface area contributed by atoms with Crippen molar-refractivity contribution in [3.63, 3.8) is 0 Å². The molecule has 9 heteroatoms. The molecule has 0 aliphatic carbocycles. The summed E-state index contributed by atoms with van der Waals surface area (Å²) in [6.45, 7) is 7.87. The average molecular weight is 440 g/mol. The minimum absolute atomic E-state index is 0.195. The highest BCUT2D eigenvalue weighted by Gasteiger charge is 2.05. The molecule has 0 heterocycles. The maximum Gasteiger partial charge on any atom is 0.338 e. The Balaban J connectivity index is 1.73. The lowest BCUT2D eigenvalue weighted by atomic mass is 10.2. The first-order chi connectivity index (χ1) is 15.2. The second-order valence-electron chi connectivity index (χ2n) is 5.94. The zero-order valence-corrected chi connectivity index (χ0v) is 17.8. The van der Waals surface area contributed by atoms with Crippen LogP contribution in [0.25, 0.3) is 0 Å². The highest BCUT2D eigenvalue weighted by Crippen LogP contribution is 2.00. The molecule has 0 saturated heterocycles. The van der Waals surface area contributed by atoms with E-state index in [9.17, 15) is 9.59 Å². The molecule has 0 atom stereocenters. The Morgan fingerprint density at radius 3 is 1.42 bits per heavy atom. The number of esters is 2. The van der Waals surface area contributed by atoms with Crippen molar-refractivity contribution >= 4 is 11.9 Å². The molecule has 0 aliphatic heterocycles. The van der Waals surface area contributed by atoms with E-state index in [-0.39, 0.29) is 19.2 Å².